The summed E-state index contributed by atoms with van der Waals surface area (Å²) in [5, 5.41) is 38.6. The molecule has 6 rings (SSSR count). The number of nitrogens with two attached hydrogens (primary N) is 1. The molecule has 236 valence electrons. The van der Waals surface area contributed by atoms with E-state index < -0.39 is 41.5 Å². The van der Waals surface area contributed by atoms with Gasteiger partial charge in [0.1, 0.15) is 37.4 Å². The standard InChI is InChI=1S/C32H23N5O8S2.2Na/c33-26-17-24(46(40,41)42)15-21-16-28(47(43,44)45)31(32(39)29(21)26)37-35-23-12-7-19(8-13-23)18-5-10-22(11-6-18)34-36-30-25-4-2-1-3-20(25)9-14-27(30)38;;/h1-17,38-39H,33H2,(H,40,41,42)(H,43,44,45);;/q;2*+1/p-2. The van der Waals surface area contributed by atoms with Crippen molar-refractivity contribution in [3.8, 4) is 22.6 Å². The Hall–Kier alpha value is -3.74. The predicted octanol–water partition coefficient (Wildman–Crippen LogP) is 1.30. The molecule has 0 aliphatic carbocycles. The molecule has 0 aliphatic heterocycles. The molecule has 6 aromatic carbocycles. The number of hydrogen-bond acceptors (Lipinski definition) is 13. The number of benzene rings is 6. The van der Waals surface area contributed by atoms with Crippen LogP contribution in [0, 0.1) is 0 Å². The van der Waals surface area contributed by atoms with Crippen molar-refractivity contribution >= 4 is 70.2 Å². The fourth-order valence-electron chi connectivity index (χ4n) is 4.93. The van der Waals surface area contributed by atoms with Crippen molar-refractivity contribution in [3.05, 3.63) is 103 Å². The van der Waals surface area contributed by atoms with Crippen LogP contribution in [0.4, 0.5) is 28.4 Å². The van der Waals surface area contributed by atoms with E-state index in [2.05, 4.69) is 20.5 Å². The minimum absolute atomic E-state index is 0. The van der Waals surface area contributed by atoms with E-state index in [9.17, 15) is 36.2 Å². The molecule has 0 aromatic heterocycles. The Morgan fingerprint density at radius 3 is 1.69 bits per heavy atom. The van der Waals surface area contributed by atoms with Gasteiger partial charge in [-0.1, -0.05) is 54.6 Å². The molecule has 0 aliphatic rings. The third kappa shape index (κ3) is 8.19. The molecule has 0 saturated carbocycles. The molecule has 0 atom stereocenters. The monoisotopic (exact) mass is 713 g/mol. The van der Waals surface area contributed by atoms with Gasteiger partial charge in [-0.25, -0.2) is 16.8 Å². The first-order chi connectivity index (χ1) is 22.3. The van der Waals surface area contributed by atoms with E-state index in [1.54, 1.807) is 48.5 Å². The van der Waals surface area contributed by atoms with Gasteiger partial charge in [-0.05, 0) is 70.4 Å². The van der Waals surface area contributed by atoms with Gasteiger partial charge in [0.05, 0.1) is 21.2 Å². The zero-order valence-corrected chi connectivity index (χ0v) is 31.5. The average molecular weight is 714 g/mol. The number of hydrogen-bond donors (Lipinski definition) is 3. The zero-order valence-electron chi connectivity index (χ0n) is 25.8. The van der Waals surface area contributed by atoms with E-state index >= 15 is 0 Å². The Balaban J connectivity index is 0.00000270. The SMILES string of the molecule is Nc1cc(S(=O)(=O)[O-])cc2cc(S(=O)(=O)[O-])c(N=Nc3ccc(-c4ccc(N=Nc5c(O)ccc6ccccc56)cc4)cc3)c(O)c12.[Na+].[Na+]. The molecule has 0 spiro atoms. The van der Waals surface area contributed by atoms with E-state index in [4.69, 9.17) is 5.73 Å². The van der Waals surface area contributed by atoms with Gasteiger partial charge in [0.25, 0.3) is 0 Å². The molecule has 13 nitrogen and oxygen atoms in total. The minimum Gasteiger partial charge on any atom is -0.744 e. The predicted molar refractivity (Wildman–Crippen MR) is 172 cm³/mol. The Morgan fingerprint density at radius 2 is 1.14 bits per heavy atom. The maximum absolute atomic E-state index is 12.0. The van der Waals surface area contributed by atoms with Crippen molar-refractivity contribution < 1.29 is 95.3 Å². The molecule has 49 heavy (non-hydrogen) atoms. The van der Waals surface area contributed by atoms with Gasteiger partial charge in [-0.15, -0.1) is 10.2 Å². The molecule has 0 amide bonds. The van der Waals surface area contributed by atoms with Crippen LogP contribution in [0.2, 0.25) is 0 Å². The van der Waals surface area contributed by atoms with Gasteiger partial charge in [-0.3, -0.25) is 0 Å². The second kappa shape index (κ2) is 15.0. The third-order valence-electron chi connectivity index (χ3n) is 7.19. The number of phenols is 2. The van der Waals surface area contributed by atoms with Crippen molar-refractivity contribution in [3.63, 3.8) is 0 Å². The number of rotatable bonds is 7. The van der Waals surface area contributed by atoms with Crippen LogP contribution in [0.3, 0.4) is 0 Å². The molecule has 0 radical (unpaired) electrons. The van der Waals surface area contributed by atoms with Crippen molar-refractivity contribution in [2.75, 3.05) is 5.73 Å². The fraction of sp³-hybridized carbons (Fsp3) is 0. The van der Waals surface area contributed by atoms with Crippen molar-refractivity contribution in [2.24, 2.45) is 20.5 Å². The van der Waals surface area contributed by atoms with E-state index in [1.807, 2.05) is 36.4 Å². The van der Waals surface area contributed by atoms with Crippen molar-refractivity contribution in [2.45, 2.75) is 9.79 Å². The topological polar surface area (TPSA) is 230 Å². The summed E-state index contributed by atoms with van der Waals surface area (Å²) >= 11 is 0. The first kappa shape index (κ1) is 38.1. The quantitative estimate of drug-likeness (QED) is 0.0936. The molecular weight excluding hydrogens is 692 g/mol. The smallest absolute Gasteiger partial charge is 0.744 e. The van der Waals surface area contributed by atoms with Crippen LogP contribution in [0.15, 0.2) is 133 Å². The number of nitrogen functional groups attached to an aromatic ring is 1. The van der Waals surface area contributed by atoms with Gasteiger partial charge in [0, 0.05) is 16.5 Å². The van der Waals surface area contributed by atoms with E-state index in [1.165, 1.54) is 0 Å². The number of nitrogens with zero attached hydrogens (tertiary/aromatic N) is 4. The largest absolute Gasteiger partial charge is 1.00 e. The number of fused-ring (bicyclic) bond motifs is 2. The number of phenolic OH excluding ortho intramolecular Hbond substituents is 2. The minimum atomic E-state index is -5.25. The summed E-state index contributed by atoms with van der Waals surface area (Å²) < 4.78 is 70.5. The van der Waals surface area contributed by atoms with Crippen LogP contribution >= 0.6 is 0 Å². The number of anilines is 1. The number of azo groups is 2. The van der Waals surface area contributed by atoms with E-state index in [0.717, 1.165) is 40.1 Å². The molecule has 0 fully saturated rings. The average Bonchev–Trinajstić information content (AvgIpc) is 3.03. The molecule has 0 heterocycles. The third-order valence-corrected chi connectivity index (χ3v) is 8.85. The Morgan fingerprint density at radius 1 is 0.592 bits per heavy atom. The molecule has 0 saturated heterocycles. The van der Waals surface area contributed by atoms with Gasteiger partial charge in [-0.2, -0.15) is 10.2 Å². The normalized spacial score (nSPS) is 12.0. The van der Waals surface area contributed by atoms with Crippen LogP contribution in [-0.4, -0.2) is 36.2 Å². The zero-order chi connectivity index (χ0) is 33.5. The first-order valence-corrected chi connectivity index (χ1v) is 16.4. The first-order valence-electron chi connectivity index (χ1n) is 13.6. The van der Waals surface area contributed by atoms with Crippen LogP contribution in [0.1, 0.15) is 0 Å². The fourth-order valence-corrected chi connectivity index (χ4v) is 6.12. The van der Waals surface area contributed by atoms with Crippen LogP contribution in [0.25, 0.3) is 32.7 Å². The second-order valence-corrected chi connectivity index (χ2v) is 13.0. The Bertz CT molecular complexity index is 2500. The van der Waals surface area contributed by atoms with Crippen LogP contribution in [0.5, 0.6) is 11.5 Å². The Labute approximate surface area is 324 Å². The summed E-state index contributed by atoms with van der Waals surface area (Å²) in [6, 6.07) is 27.0. The second-order valence-electron chi connectivity index (χ2n) is 10.2. The summed E-state index contributed by atoms with van der Waals surface area (Å²) in [5.41, 5.74) is 7.55. The molecule has 0 unspecified atom stereocenters. The molecule has 17 heteroatoms. The Kier molecular flexibility index (Phi) is 11.7. The number of aromatic hydroxyl groups is 2. The van der Waals surface area contributed by atoms with Gasteiger partial charge in [0.2, 0.25) is 0 Å². The van der Waals surface area contributed by atoms with Crippen molar-refractivity contribution in [1.29, 1.82) is 0 Å². The molecule has 6 aromatic rings. The maximum Gasteiger partial charge on any atom is 1.00 e. The summed E-state index contributed by atoms with van der Waals surface area (Å²) in [7, 11) is -10.2. The summed E-state index contributed by atoms with van der Waals surface area (Å²) in [6.07, 6.45) is 0. The van der Waals surface area contributed by atoms with E-state index in [-0.39, 0.29) is 87.0 Å². The summed E-state index contributed by atoms with van der Waals surface area (Å²) in [6.45, 7) is 0. The van der Waals surface area contributed by atoms with Crippen LogP contribution < -0.4 is 64.8 Å². The van der Waals surface area contributed by atoms with Gasteiger partial charge in [0.15, 0.2) is 5.75 Å². The van der Waals surface area contributed by atoms with Gasteiger partial charge < -0.3 is 25.1 Å². The van der Waals surface area contributed by atoms with Crippen LogP contribution in [-0.2, 0) is 20.2 Å². The van der Waals surface area contributed by atoms with Crippen molar-refractivity contribution in [1.82, 2.24) is 0 Å². The molecule has 0 bridgehead atoms. The molecule has 4 N–H and O–H groups in total. The van der Waals surface area contributed by atoms with E-state index in [0.29, 0.717) is 11.4 Å². The summed E-state index contributed by atoms with van der Waals surface area (Å²) in [4.78, 5) is -1.76. The summed E-state index contributed by atoms with van der Waals surface area (Å²) in [5.74, 6) is -0.822. The molecular formula is C32H21N5Na2O8S2. The van der Waals surface area contributed by atoms with Gasteiger partial charge >= 0.3 is 59.1 Å². The maximum atomic E-state index is 12.0.